The van der Waals surface area contributed by atoms with Gasteiger partial charge in [-0.1, -0.05) is 18.0 Å². The van der Waals surface area contributed by atoms with Crippen molar-refractivity contribution in [2.24, 2.45) is 11.5 Å². The van der Waals surface area contributed by atoms with E-state index in [2.05, 4.69) is 31.0 Å². The molecule has 1 fully saturated rings. The molecular weight excluding hydrogens is 391 g/mol. The third-order valence-corrected chi connectivity index (χ3v) is 4.94. The lowest BCUT2D eigenvalue weighted by Gasteiger charge is -2.29. The second kappa shape index (κ2) is 8.41. The molecule has 1 aliphatic rings. The van der Waals surface area contributed by atoms with Gasteiger partial charge in [-0.15, -0.1) is 10.2 Å². The van der Waals surface area contributed by atoms with Crippen LogP contribution >= 0.6 is 0 Å². The maximum absolute atomic E-state index is 13.1. The maximum Gasteiger partial charge on any atom is 0.273 e. The second-order valence-corrected chi connectivity index (χ2v) is 7.10. The second-order valence-electron chi connectivity index (χ2n) is 7.10. The largest absolute Gasteiger partial charge is 0.364 e. The van der Waals surface area contributed by atoms with Crippen molar-refractivity contribution in [3.8, 4) is 11.3 Å². The number of primary amides is 1. The highest BCUT2D eigenvalue weighted by Crippen LogP contribution is 2.26. The van der Waals surface area contributed by atoms with Crippen LogP contribution in [0.2, 0.25) is 0 Å². The molecule has 2 aromatic heterocycles. The van der Waals surface area contributed by atoms with Gasteiger partial charge in [0.05, 0.1) is 0 Å². The number of nitrogens with two attached hydrogens (primary N) is 2. The average molecular weight is 412 g/mol. The van der Waals surface area contributed by atoms with E-state index in [0.29, 0.717) is 11.3 Å². The molecule has 30 heavy (non-hydrogen) atoms. The minimum Gasteiger partial charge on any atom is -0.364 e. The Hall–Kier alpha value is -3.60. The molecule has 11 heteroatoms. The summed E-state index contributed by atoms with van der Waals surface area (Å²) in [6, 6.07) is 7.36. The van der Waals surface area contributed by atoms with E-state index in [1.54, 1.807) is 18.2 Å². The van der Waals surface area contributed by atoms with Crippen LogP contribution in [-0.4, -0.2) is 38.3 Å². The third-order valence-electron chi connectivity index (χ3n) is 4.94. The van der Waals surface area contributed by atoms with E-state index in [1.807, 2.05) is 0 Å². The Balaban J connectivity index is 1.56. The predicted molar refractivity (Wildman–Crippen MR) is 107 cm³/mol. The molecule has 3 aromatic rings. The summed E-state index contributed by atoms with van der Waals surface area (Å²) in [5, 5.41) is 17.8. The van der Waals surface area contributed by atoms with Gasteiger partial charge in [-0.05, 0) is 37.1 Å². The first-order valence-electron chi connectivity index (χ1n) is 9.56. The Bertz CT molecular complexity index is 1040. The molecule has 4 rings (SSSR count). The third kappa shape index (κ3) is 4.35. The SMILES string of the molecule is NC(=O)c1nnc(N[C@@H]2CCCC[C@@H]2N)nc1Nc1cc(-c2ccc(F)cc2)on1. The molecule has 1 amide bonds. The van der Waals surface area contributed by atoms with E-state index in [4.69, 9.17) is 16.0 Å². The Kier molecular flexibility index (Phi) is 5.53. The molecule has 156 valence electrons. The lowest BCUT2D eigenvalue weighted by Crippen LogP contribution is -2.43. The van der Waals surface area contributed by atoms with Crippen LogP contribution in [0.4, 0.5) is 22.0 Å². The normalized spacial score (nSPS) is 18.7. The quantitative estimate of drug-likeness (QED) is 0.476. The summed E-state index contributed by atoms with van der Waals surface area (Å²) in [5.74, 6) is -0.145. The fraction of sp³-hybridized carbons (Fsp3) is 0.316. The van der Waals surface area contributed by atoms with Gasteiger partial charge in [-0.25, -0.2) is 4.39 Å². The topological polar surface area (TPSA) is 158 Å². The van der Waals surface area contributed by atoms with Gasteiger partial charge >= 0.3 is 0 Å². The Morgan fingerprint density at radius 3 is 2.67 bits per heavy atom. The average Bonchev–Trinajstić information content (AvgIpc) is 3.19. The monoisotopic (exact) mass is 412 g/mol. The van der Waals surface area contributed by atoms with E-state index < -0.39 is 5.91 Å². The smallest absolute Gasteiger partial charge is 0.273 e. The summed E-state index contributed by atoms with van der Waals surface area (Å²) >= 11 is 0. The number of carbonyl (C=O) groups excluding carboxylic acids is 1. The van der Waals surface area contributed by atoms with Crippen molar-refractivity contribution in [2.75, 3.05) is 10.6 Å². The van der Waals surface area contributed by atoms with E-state index in [0.717, 1.165) is 25.7 Å². The van der Waals surface area contributed by atoms with Crippen LogP contribution in [0.1, 0.15) is 36.2 Å². The Labute approximate surface area is 171 Å². The molecule has 0 aliphatic heterocycles. The first kappa shape index (κ1) is 19.7. The number of halogens is 1. The van der Waals surface area contributed by atoms with Gasteiger partial charge in [0.1, 0.15) is 5.82 Å². The van der Waals surface area contributed by atoms with Gasteiger partial charge in [-0.2, -0.15) is 4.98 Å². The zero-order valence-electron chi connectivity index (χ0n) is 16.0. The number of aromatic nitrogens is 4. The minimum absolute atomic E-state index is 0.0108. The summed E-state index contributed by atoms with van der Waals surface area (Å²) in [5.41, 5.74) is 12.1. The van der Waals surface area contributed by atoms with Gasteiger partial charge in [0.2, 0.25) is 5.95 Å². The number of nitrogens with zero attached hydrogens (tertiary/aromatic N) is 4. The highest BCUT2D eigenvalue weighted by molar-refractivity contribution is 5.96. The summed E-state index contributed by atoms with van der Waals surface area (Å²) < 4.78 is 18.4. The number of benzene rings is 1. The number of carbonyl (C=O) groups is 1. The number of anilines is 3. The first-order valence-corrected chi connectivity index (χ1v) is 9.56. The minimum atomic E-state index is -0.791. The van der Waals surface area contributed by atoms with Crippen molar-refractivity contribution < 1.29 is 13.7 Å². The van der Waals surface area contributed by atoms with Crippen LogP contribution < -0.4 is 22.1 Å². The standard InChI is InChI=1S/C19H21FN8O2/c20-11-7-5-10(6-8-11)14-9-15(28-30-14)24-18-16(17(22)29)26-27-19(25-18)23-13-4-2-1-3-12(13)21/h5-9,12-13H,1-4,21H2,(H2,22,29)(H2,23,24,25,27,28)/t12-,13+/m0/s1. The number of rotatable bonds is 6. The number of nitrogens with one attached hydrogen (secondary N) is 2. The summed E-state index contributed by atoms with van der Waals surface area (Å²) in [6.45, 7) is 0. The van der Waals surface area contributed by atoms with Crippen molar-refractivity contribution in [3.63, 3.8) is 0 Å². The fourth-order valence-corrected chi connectivity index (χ4v) is 3.35. The zero-order valence-corrected chi connectivity index (χ0v) is 16.0. The number of amides is 1. The van der Waals surface area contributed by atoms with E-state index in [-0.39, 0.29) is 41.2 Å². The summed E-state index contributed by atoms with van der Waals surface area (Å²) in [4.78, 5) is 16.1. The molecule has 6 N–H and O–H groups in total. The molecule has 0 radical (unpaired) electrons. The van der Waals surface area contributed by atoms with E-state index >= 15 is 0 Å². The Morgan fingerprint density at radius 1 is 1.17 bits per heavy atom. The Morgan fingerprint density at radius 2 is 1.93 bits per heavy atom. The number of hydrogen-bond donors (Lipinski definition) is 4. The van der Waals surface area contributed by atoms with Crippen LogP contribution in [0, 0.1) is 5.82 Å². The fourth-order valence-electron chi connectivity index (χ4n) is 3.35. The van der Waals surface area contributed by atoms with Crippen LogP contribution in [0.15, 0.2) is 34.9 Å². The molecule has 1 saturated carbocycles. The van der Waals surface area contributed by atoms with Crippen molar-refractivity contribution in [3.05, 3.63) is 41.8 Å². The number of hydrogen-bond acceptors (Lipinski definition) is 9. The lowest BCUT2D eigenvalue weighted by molar-refractivity contribution is 0.0995. The molecule has 2 atom stereocenters. The molecule has 0 spiro atoms. The van der Waals surface area contributed by atoms with Gasteiger partial charge in [0.15, 0.2) is 23.1 Å². The van der Waals surface area contributed by atoms with Gasteiger partial charge in [0, 0.05) is 23.7 Å². The predicted octanol–water partition coefficient (Wildman–Crippen LogP) is 2.19. The van der Waals surface area contributed by atoms with Crippen molar-refractivity contribution in [2.45, 2.75) is 37.8 Å². The van der Waals surface area contributed by atoms with Gasteiger partial charge in [0.25, 0.3) is 5.91 Å². The highest BCUT2D eigenvalue weighted by Gasteiger charge is 2.24. The maximum atomic E-state index is 13.1. The highest BCUT2D eigenvalue weighted by atomic mass is 19.1. The van der Waals surface area contributed by atoms with Crippen LogP contribution in [0.5, 0.6) is 0 Å². The van der Waals surface area contributed by atoms with Gasteiger partial charge < -0.3 is 26.6 Å². The molecule has 1 aromatic carbocycles. The molecule has 0 bridgehead atoms. The van der Waals surface area contributed by atoms with Crippen molar-refractivity contribution in [1.29, 1.82) is 0 Å². The zero-order chi connectivity index (χ0) is 21.1. The molecular formula is C19H21FN8O2. The molecule has 2 heterocycles. The van der Waals surface area contributed by atoms with Crippen LogP contribution in [0.3, 0.4) is 0 Å². The van der Waals surface area contributed by atoms with Crippen molar-refractivity contribution >= 4 is 23.5 Å². The molecule has 0 saturated heterocycles. The van der Waals surface area contributed by atoms with Crippen LogP contribution in [-0.2, 0) is 0 Å². The van der Waals surface area contributed by atoms with Gasteiger partial charge in [-0.3, -0.25) is 4.79 Å². The first-order chi connectivity index (χ1) is 14.5. The molecule has 10 nitrogen and oxygen atoms in total. The van der Waals surface area contributed by atoms with E-state index in [9.17, 15) is 9.18 Å². The molecule has 1 aliphatic carbocycles. The summed E-state index contributed by atoms with van der Waals surface area (Å²) in [6.07, 6.45) is 3.97. The molecule has 0 unspecified atom stereocenters. The van der Waals surface area contributed by atoms with Crippen LogP contribution in [0.25, 0.3) is 11.3 Å². The van der Waals surface area contributed by atoms with Crippen molar-refractivity contribution in [1.82, 2.24) is 20.3 Å². The summed E-state index contributed by atoms with van der Waals surface area (Å²) in [7, 11) is 0. The van der Waals surface area contributed by atoms with E-state index in [1.165, 1.54) is 12.1 Å². The lowest BCUT2D eigenvalue weighted by atomic mass is 9.91.